The van der Waals surface area contributed by atoms with Crippen LogP contribution in [0, 0.1) is 12.8 Å². The van der Waals surface area contributed by atoms with Crippen LogP contribution in [-0.4, -0.2) is 32.5 Å². The molecule has 2 rings (SSSR count). The summed E-state index contributed by atoms with van der Waals surface area (Å²) in [6.07, 6.45) is 1.81. The van der Waals surface area contributed by atoms with Gasteiger partial charge in [-0.25, -0.2) is 8.42 Å². The van der Waals surface area contributed by atoms with Gasteiger partial charge in [0.25, 0.3) is 5.91 Å². The molecule has 150 valence electrons. The van der Waals surface area contributed by atoms with Crippen molar-refractivity contribution in [2.24, 2.45) is 5.92 Å². The lowest BCUT2D eigenvalue weighted by Gasteiger charge is -2.24. The van der Waals surface area contributed by atoms with Crippen molar-refractivity contribution < 1.29 is 18.0 Å². The first-order chi connectivity index (χ1) is 13.1. The fraction of sp³-hybridized carbons (Fsp3) is 0.333. The molecule has 6 nitrogen and oxygen atoms in total. The molecule has 0 unspecified atom stereocenters. The molecule has 0 aliphatic rings. The molecule has 0 bridgehead atoms. The lowest BCUT2D eigenvalue weighted by Crippen LogP contribution is -2.47. The Bertz CT molecular complexity index is 956. The molecule has 2 amide bonds. The molecule has 0 saturated heterocycles. The van der Waals surface area contributed by atoms with Gasteiger partial charge < -0.3 is 10.6 Å². The van der Waals surface area contributed by atoms with Crippen molar-refractivity contribution in [1.29, 1.82) is 0 Å². The first-order valence-electron chi connectivity index (χ1n) is 9.11. The number of sulfone groups is 1. The van der Waals surface area contributed by atoms with Crippen LogP contribution in [0.3, 0.4) is 0 Å². The van der Waals surface area contributed by atoms with E-state index in [2.05, 4.69) is 10.6 Å². The second-order valence-corrected chi connectivity index (χ2v) is 8.96. The van der Waals surface area contributed by atoms with Gasteiger partial charge in [-0.05, 0) is 42.7 Å². The number of rotatable bonds is 7. The summed E-state index contributed by atoms with van der Waals surface area (Å²) in [6.45, 7) is 5.60. The van der Waals surface area contributed by atoms with E-state index in [4.69, 9.17) is 0 Å². The number of aryl methyl sites for hydroxylation is 1. The van der Waals surface area contributed by atoms with E-state index in [0.717, 1.165) is 11.8 Å². The van der Waals surface area contributed by atoms with Crippen molar-refractivity contribution in [2.45, 2.75) is 38.1 Å². The van der Waals surface area contributed by atoms with Gasteiger partial charge in [-0.15, -0.1) is 0 Å². The summed E-state index contributed by atoms with van der Waals surface area (Å²) in [4.78, 5) is 25.6. The summed E-state index contributed by atoms with van der Waals surface area (Å²) >= 11 is 0. The summed E-state index contributed by atoms with van der Waals surface area (Å²) < 4.78 is 23.6. The number of amides is 2. The molecule has 0 aliphatic carbocycles. The normalized spacial score (nSPS) is 13.4. The quantitative estimate of drug-likeness (QED) is 0.744. The molecule has 2 atom stereocenters. The molecule has 2 N–H and O–H groups in total. The predicted octanol–water partition coefficient (Wildman–Crippen LogP) is 3.18. The lowest BCUT2D eigenvalue weighted by atomic mass is 9.97. The zero-order chi connectivity index (χ0) is 20.9. The molecule has 0 fully saturated rings. The molecule has 0 saturated carbocycles. The monoisotopic (exact) mass is 402 g/mol. The molecule has 0 aromatic heterocycles. The molecule has 2 aromatic rings. The van der Waals surface area contributed by atoms with Gasteiger partial charge in [0.2, 0.25) is 5.91 Å². The Balaban J connectivity index is 2.26. The van der Waals surface area contributed by atoms with Crippen LogP contribution in [0.15, 0.2) is 53.4 Å². The van der Waals surface area contributed by atoms with Gasteiger partial charge in [0, 0.05) is 17.5 Å². The highest BCUT2D eigenvalue weighted by Crippen LogP contribution is 2.21. The zero-order valence-corrected chi connectivity index (χ0v) is 17.3. The fourth-order valence-electron chi connectivity index (χ4n) is 2.69. The van der Waals surface area contributed by atoms with Crippen LogP contribution in [-0.2, 0) is 14.6 Å². The Hall–Kier alpha value is -2.67. The van der Waals surface area contributed by atoms with Gasteiger partial charge in [0.1, 0.15) is 6.04 Å². The molecule has 0 spiro atoms. The van der Waals surface area contributed by atoms with E-state index in [1.54, 1.807) is 37.3 Å². The van der Waals surface area contributed by atoms with Crippen LogP contribution in [0.2, 0.25) is 0 Å². The Morgan fingerprint density at radius 3 is 2.29 bits per heavy atom. The van der Waals surface area contributed by atoms with E-state index in [1.807, 2.05) is 19.9 Å². The van der Waals surface area contributed by atoms with Crippen LogP contribution >= 0.6 is 0 Å². The lowest BCUT2D eigenvalue weighted by molar-refractivity contribution is -0.119. The Labute approximate surface area is 166 Å². The van der Waals surface area contributed by atoms with Crippen LogP contribution < -0.4 is 10.6 Å². The fourth-order valence-corrected chi connectivity index (χ4v) is 3.34. The van der Waals surface area contributed by atoms with Crippen molar-refractivity contribution in [3.8, 4) is 0 Å². The second-order valence-electron chi connectivity index (χ2n) is 6.94. The van der Waals surface area contributed by atoms with Crippen LogP contribution in [0.5, 0.6) is 0 Å². The molecule has 0 heterocycles. The van der Waals surface area contributed by atoms with E-state index < -0.39 is 15.9 Å². The first kappa shape index (κ1) is 21.6. The minimum absolute atomic E-state index is 0.106. The summed E-state index contributed by atoms with van der Waals surface area (Å²) in [5.41, 5.74) is 1.62. The summed E-state index contributed by atoms with van der Waals surface area (Å²) in [6, 6.07) is 12.5. The largest absolute Gasteiger partial charge is 0.340 e. The van der Waals surface area contributed by atoms with Crippen molar-refractivity contribution in [3.63, 3.8) is 0 Å². The number of hydrogen-bond donors (Lipinski definition) is 2. The van der Waals surface area contributed by atoms with Gasteiger partial charge in [-0.2, -0.15) is 0 Å². The topological polar surface area (TPSA) is 92.3 Å². The highest BCUT2D eigenvalue weighted by Gasteiger charge is 2.27. The zero-order valence-electron chi connectivity index (χ0n) is 16.5. The maximum Gasteiger partial charge on any atom is 0.251 e. The van der Waals surface area contributed by atoms with Crippen molar-refractivity contribution in [2.75, 3.05) is 11.6 Å². The molecule has 28 heavy (non-hydrogen) atoms. The SMILES string of the molecule is CC[C@H](C)[C@H](NC(=O)c1ccccc1)C(=O)Nc1cc(S(C)(=O)=O)ccc1C. The van der Waals surface area contributed by atoms with E-state index in [-0.39, 0.29) is 22.6 Å². The molecule has 0 aliphatic heterocycles. The number of hydrogen-bond acceptors (Lipinski definition) is 4. The minimum atomic E-state index is -3.40. The van der Waals surface area contributed by atoms with Gasteiger partial charge in [-0.3, -0.25) is 9.59 Å². The number of nitrogens with one attached hydrogen (secondary N) is 2. The van der Waals surface area contributed by atoms with Crippen molar-refractivity contribution in [3.05, 3.63) is 59.7 Å². The molecule has 0 radical (unpaired) electrons. The molecular weight excluding hydrogens is 376 g/mol. The van der Waals surface area contributed by atoms with E-state index in [0.29, 0.717) is 17.7 Å². The molecule has 7 heteroatoms. The maximum atomic E-state index is 12.9. The minimum Gasteiger partial charge on any atom is -0.340 e. The van der Waals surface area contributed by atoms with Crippen molar-refractivity contribution >= 4 is 27.3 Å². The highest BCUT2D eigenvalue weighted by molar-refractivity contribution is 7.90. The average Bonchev–Trinajstić information content (AvgIpc) is 2.66. The number of anilines is 1. The number of carbonyl (C=O) groups excluding carboxylic acids is 2. The summed E-state index contributed by atoms with van der Waals surface area (Å²) in [7, 11) is -3.40. The van der Waals surface area contributed by atoms with E-state index in [1.165, 1.54) is 12.1 Å². The highest BCUT2D eigenvalue weighted by atomic mass is 32.2. The Morgan fingerprint density at radius 1 is 1.07 bits per heavy atom. The van der Waals surface area contributed by atoms with Gasteiger partial charge >= 0.3 is 0 Å². The summed E-state index contributed by atoms with van der Waals surface area (Å²) in [5.74, 6) is -0.818. The first-order valence-corrected chi connectivity index (χ1v) is 11.0. The van der Waals surface area contributed by atoms with Crippen LogP contribution in [0.1, 0.15) is 36.2 Å². The summed E-state index contributed by atoms with van der Waals surface area (Å²) in [5, 5.41) is 5.58. The van der Waals surface area contributed by atoms with Crippen LogP contribution in [0.4, 0.5) is 5.69 Å². The Kier molecular flexibility index (Phi) is 6.96. The van der Waals surface area contributed by atoms with Crippen molar-refractivity contribution in [1.82, 2.24) is 5.32 Å². The number of carbonyl (C=O) groups is 2. The van der Waals surface area contributed by atoms with E-state index >= 15 is 0 Å². The standard InChI is InChI=1S/C21H26N2O4S/c1-5-14(2)19(23-20(24)16-9-7-6-8-10-16)21(25)22-18-13-17(28(4,26)27)12-11-15(18)3/h6-14,19H,5H2,1-4H3,(H,22,25)(H,23,24)/t14-,19-/m0/s1. The Morgan fingerprint density at radius 2 is 1.71 bits per heavy atom. The smallest absolute Gasteiger partial charge is 0.251 e. The maximum absolute atomic E-state index is 12.9. The third-order valence-corrected chi connectivity index (χ3v) is 5.82. The second kappa shape index (κ2) is 9.01. The van der Waals surface area contributed by atoms with E-state index in [9.17, 15) is 18.0 Å². The van der Waals surface area contributed by atoms with Crippen LogP contribution in [0.25, 0.3) is 0 Å². The average molecular weight is 403 g/mol. The third kappa shape index (κ3) is 5.42. The van der Waals surface area contributed by atoms with Gasteiger partial charge in [-0.1, -0.05) is 44.5 Å². The molecule has 2 aromatic carbocycles. The third-order valence-electron chi connectivity index (χ3n) is 4.71. The predicted molar refractivity (Wildman–Crippen MR) is 110 cm³/mol. The van der Waals surface area contributed by atoms with Gasteiger partial charge in [0.15, 0.2) is 9.84 Å². The van der Waals surface area contributed by atoms with Gasteiger partial charge in [0.05, 0.1) is 4.90 Å². The molecular formula is C21H26N2O4S. The number of benzene rings is 2.